The van der Waals surface area contributed by atoms with Gasteiger partial charge in [0.1, 0.15) is 0 Å². The Morgan fingerprint density at radius 3 is 2.25 bits per heavy atom. The van der Waals surface area contributed by atoms with Crippen molar-refractivity contribution in [3.05, 3.63) is 0 Å². The van der Waals surface area contributed by atoms with E-state index in [1.165, 1.54) is 0 Å². The molecule has 0 saturated carbocycles. The molecule has 0 saturated heterocycles. The van der Waals surface area contributed by atoms with E-state index >= 15 is 0 Å². The van der Waals surface area contributed by atoms with Crippen LogP contribution in [0.5, 0.6) is 0 Å². The van der Waals surface area contributed by atoms with Crippen LogP contribution in [0.1, 0.15) is 20.3 Å². The lowest BCUT2D eigenvalue weighted by Gasteiger charge is -2.00. The molecule has 0 aliphatic rings. The molecule has 0 atom stereocenters. The van der Waals surface area contributed by atoms with Crippen molar-refractivity contribution in [2.75, 3.05) is 7.05 Å². The highest BCUT2D eigenvalue weighted by atomic mass is 14.8. The fraction of sp³-hybridized carbons (Fsp3) is 0.833. The molecule has 2 nitrogen and oxygen atoms in total. The third-order valence-corrected chi connectivity index (χ3v) is 0.905. The maximum Gasteiger partial charge on any atom is 0.0936 e. The number of hydrogen-bond acceptors (Lipinski definition) is 1. The average Bonchev–Trinajstić information content (AvgIpc) is 1.65. The molecule has 0 aromatic heterocycles. The van der Waals surface area contributed by atoms with Gasteiger partial charge in [-0.2, -0.15) is 0 Å². The average molecular weight is 114 g/mol. The first-order chi connectivity index (χ1) is 3.66. The quantitative estimate of drug-likeness (QED) is 0.422. The van der Waals surface area contributed by atoms with E-state index < -0.39 is 0 Å². The molecular weight excluding hydrogens is 100 g/mol. The second kappa shape index (κ2) is 3.47. The first-order valence-corrected chi connectivity index (χ1v) is 2.88. The number of nitrogens with zero attached hydrogens (tertiary/aromatic N) is 1. The summed E-state index contributed by atoms with van der Waals surface area (Å²) in [4.78, 5) is 3.82. The SMILES string of the molecule is CN=C(N)CC(C)C. The van der Waals surface area contributed by atoms with Gasteiger partial charge in [0, 0.05) is 13.5 Å². The van der Waals surface area contributed by atoms with E-state index in [0.717, 1.165) is 12.3 Å². The maximum atomic E-state index is 5.42. The Balaban J connectivity index is 3.39. The Bertz CT molecular complexity index is 84.5. The number of aliphatic imine (C=N–C) groups is 1. The van der Waals surface area contributed by atoms with E-state index in [4.69, 9.17) is 5.73 Å². The molecule has 8 heavy (non-hydrogen) atoms. The molecule has 0 heterocycles. The predicted molar refractivity (Wildman–Crippen MR) is 37.0 cm³/mol. The second-order valence-electron chi connectivity index (χ2n) is 2.31. The van der Waals surface area contributed by atoms with Gasteiger partial charge in [0.15, 0.2) is 0 Å². The minimum Gasteiger partial charge on any atom is -0.387 e. The van der Waals surface area contributed by atoms with Crippen molar-refractivity contribution < 1.29 is 0 Å². The summed E-state index contributed by atoms with van der Waals surface area (Å²) in [6.45, 7) is 4.25. The van der Waals surface area contributed by atoms with Gasteiger partial charge in [-0.05, 0) is 5.92 Å². The molecule has 0 spiro atoms. The smallest absolute Gasteiger partial charge is 0.0936 e. The summed E-state index contributed by atoms with van der Waals surface area (Å²) in [7, 11) is 1.72. The van der Waals surface area contributed by atoms with Crippen LogP contribution in [-0.4, -0.2) is 12.9 Å². The summed E-state index contributed by atoms with van der Waals surface area (Å²) in [6.07, 6.45) is 0.913. The Kier molecular flexibility index (Phi) is 3.24. The molecule has 0 aromatic carbocycles. The van der Waals surface area contributed by atoms with Gasteiger partial charge in [0.05, 0.1) is 5.84 Å². The Morgan fingerprint density at radius 1 is 1.62 bits per heavy atom. The summed E-state index contributed by atoms with van der Waals surface area (Å²) in [5.41, 5.74) is 5.42. The molecule has 48 valence electrons. The van der Waals surface area contributed by atoms with Crippen molar-refractivity contribution in [3.63, 3.8) is 0 Å². The number of rotatable bonds is 2. The first kappa shape index (κ1) is 7.47. The second-order valence-corrected chi connectivity index (χ2v) is 2.31. The van der Waals surface area contributed by atoms with Crippen LogP contribution >= 0.6 is 0 Å². The Morgan fingerprint density at radius 2 is 2.12 bits per heavy atom. The Hall–Kier alpha value is -0.530. The zero-order valence-electron chi connectivity index (χ0n) is 5.81. The van der Waals surface area contributed by atoms with E-state index in [1.807, 2.05) is 0 Å². The van der Waals surface area contributed by atoms with Crippen LogP contribution in [-0.2, 0) is 0 Å². The van der Waals surface area contributed by atoms with Crippen molar-refractivity contribution in [2.45, 2.75) is 20.3 Å². The van der Waals surface area contributed by atoms with Gasteiger partial charge >= 0.3 is 0 Å². The number of nitrogens with two attached hydrogens (primary N) is 1. The van der Waals surface area contributed by atoms with Crippen molar-refractivity contribution in [3.8, 4) is 0 Å². The third kappa shape index (κ3) is 3.65. The van der Waals surface area contributed by atoms with E-state index in [-0.39, 0.29) is 0 Å². The van der Waals surface area contributed by atoms with E-state index in [9.17, 15) is 0 Å². The van der Waals surface area contributed by atoms with Crippen LogP contribution in [0.3, 0.4) is 0 Å². The fourth-order valence-corrected chi connectivity index (χ4v) is 0.510. The van der Waals surface area contributed by atoms with Gasteiger partial charge in [0.2, 0.25) is 0 Å². The first-order valence-electron chi connectivity index (χ1n) is 2.88. The monoisotopic (exact) mass is 114 g/mol. The van der Waals surface area contributed by atoms with Gasteiger partial charge in [-0.3, -0.25) is 4.99 Å². The van der Waals surface area contributed by atoms with E-state index in [0.29, 0.717) is 5.92 Å². The molecule has 0 fully saturated rings. The van der Waals surface area contributed by atoms with Crippen LogP contribution < -0.4 is 5.73 Å². The predicted octanol–water partition coefficient (Wildman–Crippen LogP) is 1.02. The third-order valence-electron chi connectivity index (χ3n) is 0.905. The van der Waals surface area contributed by atoms with Gasteiger partial charge in [0.25, 0.3) is 0 Å². The lowest BCUT2D eigenvalue weighted by atomic mass is 10.1. The number of hydrogen-bond donors (Lipinski definition) is 1. The van der Waals surface area contributed by atoms with Gasteiger partial charge in [-0.25, -0.2) is 0 Å². The van der Waals surface area contributed by atoms with Crippen LogP contribution in [0, 0.1) is 5.92 Å². The highest BCUT2D eigenvalue weighted by molar-refractivity contribution is 5.80. The van der Waals surface area contributed by atoms with Crippen LogP contribution in [0.15, 0.2) is 4.99 Å². The highest BCUT2D eigenvalue weighted by Crippen LogP contribution is 1.96. The van der Waals surface area contributed by atoms with Gasteiger partial charge in [-0.15, -0.1) is 0 Å². The molecule has 0 unspecified atom stereocenters. The molecule has 0 amide bonds. The van der Waals surface area contributed by atoms with Crippen molar-refractivity contribution in [1.29, 1.82) is 0 Å². The van der Waals surface area contributed by atoms with Gasteiger partial charge < -0.3 is 5.73 Å². The van der Waals surface area contributed by atoms with Crippen LogP contribution in [0.4, 0.5) is 0 Å². The molecule has 2 N–H and O–H groups in total. The summed E-state index contributed by atoms with van der Waals surface area (Å²) in [5.74, 6) is 1.37. The Labute approximate surface area is 50.8 Å². The van der Waals surface area contributed by atoms with E-state index in [1.54, 1.807) is 7.05 Å². The largest absolute Gasteiger partial charge is 0.387 e. The fourth-order valence-electron chi connectivity index (χ4n) is 0.510. The molecule has 0 aliphatic heterocycles. The highest BCUT2D eigenvalue weighted by Gasteiger charge is 1.94. The standard InChI is InChI=1S/C6H14N2/c1-5(2)4-6(7)8-3/h5H,4H2,1-3H3,(H2,7,8). The summed E-state index contributed by atoms with van der Waals surface area (Å²) < 4.78 is 0. The summed E-state index contributed by atoms with van der Waals surface area (Å²) in [6, 6.07) is 0. The minimum absolute atomic E-state index is 0.624. The topological polar surface area (TPSA) is 38.4 Å². The molecule has 0 aromatic rings. The normalized spacial score (nSPS) is 12.8. The molecule has 2 heteroatoms. The summed E-state index contributed by atoms with van der Waals surface area (Å²) in [5, 5.41) is 0. The van der Waals surface area contributed by atoms with Crippen LogP contribution in [0.2, 0.25) is 0 Å². The minimum atomic E-state index is 0.624. The molecule has 0 bridgehead atoms. The molecule has 0 aliphatic carbocycles. The van der Waals surface area contributed by atoms with Crippen molar-refractivity contribution >= 4 is 5.84 Å². The molecule has 0 radical (unpaired) electrons. The maximum absolute atomic E-state index is 5.42. The lowest BCUT2D eigenvalue weighted by Crippen LogP contribution is -2.13. The zero-order chi connectivity index (χ0) is 6.57. The number of amidine groups is 1. The van der Waals surface area contributed by atoms with Crippen molar-refractivity contribution in [1.82, 2.24) is 0 Å². The lowest BCUT2D eigenvalue weighted by molar-refractivity contribution is 0.680. The van der Waals surface area contributed by atoms with Gasteiger partial charge in [-0.1, -0.05) is 13.8 Å². The summed E-state index contributed by atoms with van der Waals surface area (Å²) >= 11 is 0. The molecular formula is C6H14N2. The van der Waals surface area contributed by atoms with E-state index in [2.05, 4.69) is 18.8 Å². The van der Waals surface area contributed by atoms with Crippen molar-refractivity contribution in [2.24, 2.45) is 16.6 Å². The molecule has 0 rings (SSSR count). The zero-order valence-corrected chi connectivity index (χ0v) is 5.81. The van der Waals surface area contributed by atoms with Crippen LogP contribution in [0.25, 0.3) is 0 Å².